The number of hydrogen-bond donors (Lipinski definition) is 2. The Kier molecular flexibility index (Phi) is 4.43. The summed E-state index contributed by atoms with van der Waals surface area (Å²) in [7, 11) is 1.86. The number of nitrogens with zero attached hydrogens (tertiary/aromatic N) is 4. The summed E-state index contributed by atoms with van der Waals surface area (Å²) in [5, 5.41) is 11.4. The van der Waals surface area contributed by atoms with Crippen LogP contribution in [0.3, 0.4) is 0 Å². The second kappa shape index (κ2) is 6.77. The Bertz CT molecular complexity index is 1000. The van der Waals surface area contributed by atoms with Crippen LogP contribution in [0.5, 0.6) is 0 Å². The zero-order valence-electron chi connectivity index (χ0n) is 15.8. The molecular weight excluding hydrogens is 360 g/mol. The number of amides is 1. The number of aryl methyl sites for hydroxylation is 1. The topological polar surface area (TPSA) is 84.7 Å². The minimum atomic E-state index is -0.102. The SMILES string of the molecule is CNc1ccc(-c2nn(C(C)C)c3c2CCc2nc(NC(C)=O)sc2-3)cn1. The molecule has 0 aromatic carbocycles. The van der Waals surface area contributed by atoms with Crippen molar-refractivity contribution in [1.29, 1.82) is 0 Å². The Morgan fingerprint density at radius 2 is 2.11 bits per heavy atom. The Labute approximate surface area is 161 Å². The monoisotopic (exact) mass is 382 g/mol. The number of aromatic nitrogens is 4. The second-order valence-corrected chi connectivity index (χ2v) is 7.87. The highest BCUT2D eigenvalue weighted by molar-refractivity contribution is 7.19. The lowest BCUT2D eigenvalue weighted by Gasteiger charge is -2.15. The van der Waals surface area contributed by atoms with Gasteiger partial charge in [-0.15, -0.1) is 0 Å². The van der Waals surface area contributed by atoms with Crippen LogP contribution >= 0.6 is 11.3 Å². The predicted octanol–water partition coefficient (Wildman–Crippen LogP) is 3.75. The van der Waals surface area contributed by atoms with Gasteiger partial charge in [-0.2, -0.15) is 5.10 Å². The zero-order chi connectivity index (χ0) is 19.1. The molecule has 1 aliphatic rings. The van der Waals surface area contributed by atoms with Crippen LogP contribution in [0.1, 0.15) is 38.1 Å². The molecule has 0 fully saturated rings. The molecule has 0 saturated carbocycles. The quantitative estimate of drug-likeness (QED) is 0.718. The molecule has 3 aromatic heterocycles. The number of anilines is 2. The molecule has 0 aliphatic heterocycles. The lowest BCUT2D eigenvalue weighted by molar-refractivity contribution is -0.114. The Balaban J connectivity index is 1.85. The van der Waals surface area contributed by atoms with Gasteiger partial charge < -0.3 is 10.6 Å². The summed E-state index contributed by atoms with van der Waals surface area (Å²) in [4.78, 5) is 21.6. The number of thiazole rings is 1. The summed E-state index contributed by atoms with van der Waals surface area (Å²) in [6.07, 6.45) is 3.59. The van der Waals surface area contributed by atoms with E-state index in [-0.39, 0.29) is 11.9 Å². The normalized spacial score (nSPS) is 12.6. The van der Waals surface area contributed by atoms with Gasteiger partial charge >= 0.3 is 0 Å². The molecule has 4 rings (SSSR count). The lowest BCUT2D eigenvalue weighted by atomic mass is 9.95. The highest BCUT2D eigenvalue weighted by Gasteiger charge is 2.30. The third-order valence-corrected chi connectivity index (χ3v) is 5.62. The van der Waals surface area contributed by atoms with Gasteiger partial charge in [-0.25, -0.2) is 9.97 Å². The first-order chi connectivity index (χ1) is 13.0. The van der Waals surface area contributed by atoms with E-state index in [1.807, 2.05) is 19.3 Å². The molecule has 0 radical (unpaired) electrons. The molecule has 0 unspecified atom stereocenters. The van der Waals surface area contributed by atoms with E-state index in [4.69, 9.17) is 5.10 Å². The molecule has 2 N–H and O–H groups in total. The average Bonchev–Trinajstić information content (AvgIpc) is 3.21. The van der Waals surface area contributed by atoms with Gasteiger partial charge in [-0.3, -0.25) is 9.48 Å². The van der Waals surface area contributed by atoms with Crippen LogP contribution in [0.4, 0.5) is 10.9 Å². The fourth-order valence-corrected chi connectivity index (χ4v) is 4.51. The van der Waals surface area contributed by atoms with E-state index in [1.54, 1.807) is 0 Å². The van der Waals surface area contributed by atoms with Crippen molar-refractivity contribution in [2.75, 3.05) is 17.7 Å². The van der Waals surface area contributed by atoms with Crippen molar-refractivity contribution >= 4 is 28.2 Å². The summed E-state index contributed by atoms with van der Waals surface area (Å²) >= 11 is 1.52. The molecule has 3 heterocycles. The number of carbonyl (C=O) groups is 1. The number of carbonyl (C=O) groups excluding carboxylic acids is 1. The van der Waals surface area contributed by atoms with E-state index in [9.17, 15) is 4.79 Å². The molecule has 3 aromatic rings. The van der Waals surface area contributed by atoms with E-state index in [2.05, 4.69) is 45.2 Å². The van der Waals surface area contributed by atoms with Crippen LogP contribution in [0.15, 0.2) is 18.3 Å². The van der Waals surface area contributed by atoms with Gasteiger partial charge in [0.05, 0.1) is 22.0 Å². The van der Waals surface area contributed by atoms with Crippen molar-refractivity contribution in [3.05, 3.63) is 29.6 Å². The van der Waals surface area contributed by atoms with Gasteiger partial charge in [0.2, 0.25) is 5.91 Å². The van der Waals surface area contributed by atoms with E-state index < -0.39 is 0 Å². The summed E-state index contributed by atoms with van der Waals surface area (Å²) in [5.74, 6) is 0.732. The number of rotatable bonds is 4. The number of pyridine rings is 1. The summed E-state index contributed by atoms with van der Waals surface area (Å²) in [6.45, 7) is 5.76. The van der Waals surface area contributed by atoms with Crippen molar-refractivity contribution in [2.45, 2.75) is 39.7 Å². The maximum atomic E-state index is 11.4. The molecule has 1 aliphatic carbocycles. The van der Waals surface area contributed by atoms with Gasteiger partial charge in [0.1, 0.15) is 5.82 Å². The molecule has 0 atom stereocenters. The van der Waals surface area contributed by atoms with Crippen LogP contribution < -0.4 is 10.6 Å². The van der Waals surface area contributed by atoms with Crippen LogP contribution in [0.25, 0.3) is 21.8 Å². The van der Waals surface area contributed by atoms with Crippen LogP contribution in [0, 0.1) is 0 Å². The van der Waals surface area contributed by atoms with Crippen LogP contribution in [0.2, 0.25) is 0 Å². The minimum Gasteiger partial charge on any atom is -0.373 e. The molecule has 0 saturated heterocycles. The van der Waals surface area contributed by atoms with Crippen molar-refractivity contribution in [3.63, 3.8) is 0 Å². The Morgan fingerprint density at radius 3 is 2.74 bits per heavy atom. The first-order valence-electron chi connectivity index (χ1n) is 9.01. The Morgan fingerprint density at radius 1 is 1.30 bits per heavy atom. The van der Waals surface area contributed by atoms with E-state index in [1.165, 1.54) is 23.8 Å². The van der Waals surface area contributed by atoms with E-state index >= 15 is 0 Å². The number of hydrogen-bond acceptors (Lipinski definition) is 6. The zero-order valence-corrected chi connectivity index (χ0v) is 16.6. The number of fused-ring (bicyclic) bond motifs is 3. The molecule has 7 nitrogen and oxygen atoms in total. The predicted molar refractivity (Wildman–Crippen MR) is 108 cm³/mol. The van der Waals surface area contributed by atoms with Gasteiger partial charge in [-0.05, 0) is 38.8 Å². The summed E-state index contributed by atoms with van der Waals surface area (Å²) < 4.78 is 2.07. The smallest absolute Gasteiger partial charge is 0.223 e. The van der Waals surface area contributed by atoms with Crippen LogP contribution in [-0.2, 0) is 17.6 Å². The third-order valence-electron chi connectivity index (χ3n) is 4.60. The van der Waals surface area contributed by atoms with Gasteiger partial charge in [0.25, 0.3) is 0 Å². The molecule has 0 bridgehead atoms. The van der Waals surface area contributed by atoms with Crippen molar-refractivity contribution < 1.29 is 4.79 Å². The van der Waals surface area contributed by atoms with E-state index in [0.717, 1.165) is 46.2 Å². The molecule has 140 valence electrons. The van der Waals surface area contributed by atoms with Gasteiger partial charge in [0, 0.05) is 37.3 Å². The molecule has 8 heteroatoms. The highest BCUT2D eigenvalue weighted by Crippen LogP contribution is 2.44. The molecular formula is C19H22N6OS. The van der Waals surface area contributed by atoms with Crippen molar-refractivity contribution in [1.82, 2.24) is 19.7 Å². The maximum absolute atomic E-state index is 11.4. The molecule has 1 amide bonds. The average molecular weight is 382 g/mol. The Hall–Kier alpha value is -2.74. The summed E-state index contributed by atoms with van der Waals surface area (Å²) in [5.41, 5.74) is 5.38. The number of nitrogens with one attached hydrogen (secondary N) is 2. The van der Waals surface area contributed by atoms with Gasteiger partial charge in [0.15, 0.2) is 5.13 Å². The standard InChI is InChI=1S/C19H22N6OS/c1-10(2)25-17-13(16(24-25)12-5-8-15(20-4)21-9-12)6-7-14-18(17)27-19(23-14)22-11(3)26/h5,8-10H,6-7H2,1-4H3,(H,20,21)(H,22,23,26). The second-order valence-electron chi connectivity index (χ2n) is 6.87. The largest absolute Gasteiger partial charge is 0.373 e. The molecule has 0 spiro atoms. The summed E-state index contributed by atoms with van der Waals surface area (Å²) in [6, 6.07) is 4.23. The van der Waals surface area contributed by atoms with Gasteiger partial charge in [-0.1, -0.05) is 11.3 Å². The minimum absolute atomic E-state index is 0.102. The van der Waals surface area contributed by atoms with Crippen molar-refractivity contribution in [3.8, 4) is 21.8 Å². The first-order valence-corrected chi connectivity index (χ1v) is 9.82. The first kappa shape index (κ1) is 17.7. The van der Waals surface area contributed by atoms with E-state index in [0.29, 0.717) is 5.13 Å². The lowest BCUT2D eigenvalue weighted by Crippen LogP contribution is -2.09. The van der Waals surface area contributed by atoms with Crippen molar-refractivity contribution in [2.24, 2.45) is 0 Å². The highest BCUT2D eigenvalue weighted by atomic mass is 32.1. The maximum Gasteiger partial charge on any atom is 0.223 e. The van der Waals surface area contributed by atoms with Crippen LogP contribution in [-0.4, -0.2) is 32.7 Å². The third kappa shape index (κ3) is 3.10. The fourth-order valence-electron chi connectivity index (χ4n) is 3.39. The molecule has 27 heavy (non-hydrogen) atoms. The fraction of sp³-hybridized carbons (Fsp3) is 0.368.